The van der Waals surface area contributed by atoms with E-state index >= 15 is 0 Å². The number of carbonyl (C=O) groups is 1. The van der Waals surface area contributed by atoms with Gasteiger partial charge < -0.3 is 10.5 Å². The van der Waals surface area contributed by atoms with Crippen LogP contribution >= 0.6 is 23.7 Å². The Kier molecular flexibility index (Phi) is 5.68. The van der Waals surface area contributed by atoms with Crippen LogP contribution in [0.1, 0.15) is 34.0 Å². The molecule has 15 heavy (non-hydrogen) atoms. The second-order valence-corrected chi connectivity index (χ2v) is 4.13. The number of esters is 1. The van der Waals surface area contributed by atoms with E-state index in [9.17, 15) is 4.79 Å². The second kappa shape index (κ2) is 5.98. The minimum atomic E-state index is -0.324. The quantitative estimate of drug-likeness (QED) is 0.838. The van der Waals surface area contributed by atoms with Gasteiger partial charge in [-0.2, -0.15) is 0 Å². The SMILES string of the molecule is CCc1sc(CC)c(C(=O)OC)c1N.Cl. The van der Waals surface area contributed by atoms with E-state index in [0.29, 0.717) is 11.3 Å². The summed E-state index contributed by atoms with van der Waals surface area (Å²) in [7, 11) is 1.38. The molecular formula is C10H16ClNO2S. The van der Waals surface area contributed by atoms with Gasteiger partial charge in [-0.25, -0.2) is 4.79 Å². The van der Waals surface area contributed by atoms with Gasteiger partial charge in [0.25, 0.3) is 0 Å². The van der Waals surface area contributed by atoms with Crippen LogP contribution in [0.15, 0.2) is 0 Å². The van der Waals surface area contributed by atoms with Gasteiger partial charge in [-0.15, -0.1) is 23.7 Å². The zero-order valence-electron chi connectivity index (χ0n) is 9.12. The summed E-state index contributed by atoms with van der Waals surface area (Å²) in [4.78, 5) is 13.5. The summed E-state index contributed by atoms with van der Waals surface area (Å²) in [6.45, 7) is 4.04. The zero-order valence-corrected chi connectivity index (χ0v) is 10.8. The third-order valence-electron chi connectivity index (χ3n) is 2.13. The molecular weight excluding hydrogens is 234 g/mol. The average Bonchev–Trinajstić information content (AvgIpc) is 2.53. The third-order valence-corrected chi connectivity index (χ3v) is 3.62. The molecule has 0 radical (unpaired) electrons. The maximum absolute atomic E-state index is 11.4. The molecule has 1 rings (SSSR count). The Labute approximate surface area is 100 Å². The largest absolute Gasteiger partial charge is 0.465 e. The second-order valence-electron chi connectivity index (χ2n) is 2.94. The van der Waals surface area contributed by atoms with E-state index < -0.39 is 0 Å². The van der Waals surface area contributed by atoms with Crippen LogP contribution in [0.5, 0.6) is 0 Å². The van der Waals surface area contributed by atoms with Crippen LogP contribution < -0.4 is 5.73 Å². The molecule has 0 aliphatic carbocycles. The van der Waals surface area contributed by atoms with Gasteiger partial charge in [0, 0.05) is 9.75 Å². The van der Waals surface area contributed by atoms with Gasteiger partial charge in [-0.05, 0) is 12.8 Å². The number of nitrogens with two attached hydrogens (primary N) is 1. The predicted molar refractivity (Wildman–Crippen MR) is 66.1 cm³/mol. The molecule has 1 aromatic rings. The first kappa shape index (κ1) is 14.3. The molecule has 0 saturated heterocycles. The number of aryl methyl sites for hydroxylation is 2. The van der Waals surface area contributed by atoms with E-state index in [-0.39, 0.29) is 18.4 Å². The van der Waals surface area contributed by atoms with E-state index in [1.165, 1.54) is 7.11 Å². The normalized spacial score (nSPS) is 9.53. The van der Waals surface area contributed by atoms with Crippen LogP contribution in [-0.2, 0) is 17.6 Å². The third kappa shape index (κ3) is 2.63. The predicted octanol–water partition coefficient (Wildman–Crippen LogP) is 2.66. The van der Waals surface area contributed by atoms with Gasteiger partial charge in [0.1, 0.15) is 0 Å². The molecule has 1 heterocycles. The van der Waals surface area contributed by atoms with Gasteiger partial charge in [0.2, 0.25) is 0 Å². The minimum Gasteiger partial charge on any atom is -0.465 e. The summed E-state index contributed by atoms with van der Waals surface area (Å²) < 4.78 is 4.71. The zero-order chi connectivity index (χ0) is 10.7. The molecule has 1 aromatic heterocycles. The molecule has 2 N–H and O–H groups in total. The monoisotopic (exact) mass is 249 g/mol. The molecule has 0 fully saturated rings. The smallest absolute Gasteiger partial charge is 0.341 e. The Bertz CT molecular complexity index is 349. The van der Waals surface area contributed by atoms with Gasteiger partial charge in [-0.3, -0.25) is 0 Å². The number of hydrogen-bond acceptors (Lipinski definition) is 4. The summed E-state index contributed by atoms with van der Waals surface area (Å²) in [5, 5.41) is 0. The van der Waals surface area contributed by atoms with Crippen LogP contribution in [0.25, 0.3) is 0 Å². The lowest BCUT2D eigenvalue weighted by atomic mass is 10.1. The van der Waals surface area contributed by atoms with Crippen LogP contribution in [0.4, 0.5) is 5.69 Å². The lowest BCUT2D eigenvalue weighted by Gasteiger charge is -2.00. The number of ether oxygens (including phenoxy) is 1. The summed E-state index contributed by atoms with van der Waals surface area (Å²) in [5.74, 6) is -0.324. The number of hydrogen-bond donors (Lipinski definition) is 1. The fourth-order valence-corrected chi connectivity index (χ4v) is 2.48. The van der Waals surface area contributed by atoms with Crippen LogP contribution in [0, 0.1) is 0 Å². The highest BCUT2D eigenvalue weighted by Gasteiger charge is 2.20. The number of nitrogen functional groups attached to an aromatic ring is 1. The highest BCUT2D eigenvalue weighted by Crippen LogP contribution is 2.32. The molecule has 0 aliphatic heterocycles. The fourth-order valence-electron chi connectivity index (χ4n) is 1.38. The first-order valence-electron chi connectivity index (χ1n) is 4.63. The van der Waals surface area contributed by atoms with E-state index in [4.69, 9.17) is 10.5 Å². The van der Waals surface area contributed by atoms with Gasteiger partial charge >= 0.3 is 5.97 Å². The van der Waals surface area contributed by atoms with Crippen molar-refractivity contribution >= 4 is 35.4 Å². The maximum Gasteiger partial charge on any atom is 0.341 e. The van der Waals surface area contributed by atoms with Crippen molar-refractivity contribution in [2.45, 2.75) is 26.7 Å². The summed E-state index contributed by atoms with van der Waals surface area (Å²) >= 11 is 1.60. The van der Waals surface area contributed by atoms with E-state index in [2.05, 4.69) is 0 Å². The topological polar surface area (TPSA) is 52.3 Å². The molecule has 0 aromatic carbocycles. The summed E-state index contributed by atoms with van der Waals surface area (Å²) in [5.41, 5.74) is 7.04. The Balaban J connectivity index is 0.00000196. The number of thiophene rings is 1. The van der Waals surface area contributed by atoms with E-state index in [0.717, 1.165) is 22.6 Å². The highest BCUT2D eigenvalue weighted by atomic mass is 35.5. The lowest BCUT2D eigenvalue weighted by molar-refractivity contribution is 0.0601. The highest BCUT2D eigenvalue weighted by molar-refractivity contribution is 7.13. The number of halogens is 1. The number of rotatable bonds is 3. The van der Waals surface area contributed by atoms with Crippen molar-refractivity contribution in [1.82, 2.24) is 0 Å². The van der Waals surface area contributed by atoms with E-state index in [1.54, 1.807) is 11.3 Å². The minimum absolute atomic E-state index is 0. The van der Waals surface area contributed by atoms with Crippen LogP contribution in [0.2, 0.25) is 0 Å². The molecule has 0 amide bonds. The lowest BCUT2D eigenvalue weighted by Crippen LogP contribution is -2.06. The van der Waals surface area contributed by atoms with Crippen LogP contribution in [0.3, 0.4) is 0 Å². The van der Waals surface area contributed by atoms with Gasteiger partial charge in [0.15, 0.2) is 0 Å². The van der Waals surface area contributed by atoms with Crippen LogP contribution in [-0.4, -0.2) is 13.1 Å². The van der Waals surface area contributed by atoms with Gasteiger partial charge in [-0.1, -0.05) is 13.8 Å². The van der Waals surface area contributed by atoms with Gasteiger partial charge in [0.05, 0.1) is 18.4 Å². The first-order valence-corrected chi connectivity index (χ1v) is 5.45. The molecule has 5 heteroatoms. The van der Waals surface area contributed by atoms with Crippen molar-refractivity contribution in [2.75, 3.05) is 12.8 Å². The molecule has 0 saturated carbocycles. The molecule has 86 valence electrons. The first-order chi connectivity index (χ1) is 6.65. The van der Waals surface area contributed by atoms with Crippen molar-refractivity contribution in [1.29, 1.82) is 0 Å². The van der Waals surface area contributed by atoms with E-state index in [1.807, 2.05) is 13.8 Å². The molecule has 0 bridgehead atoms. The number of carbonyl (C=O) groups excluding carboxylic acids is 1. The van der Waals surface area contributed by atoms with Crippen molar-refractivity contribution in [3.63, 3.8) is 0 Å². The van der Waals surface area contributed by atoms with Crippen molar-refractivity contribution in [3.8, 4) is 0 Å². The number of anilines is 1. The molecule has 0 spiro atoms. The Hall–Kier alpha value is -0.740. The molecule has 0 unspecified atom stereocenters. The molecule has 0 aliphatic rings. The average molecular weight is 250 g/mol. The molecule has 0 atom stereocenters. The van der Waals surface area contributed by atoms with Crippen molar-refractivity contribution in [3.05, 3.63) is 15.3 Å². The van der Waals surface area contributed by atoms with Crippen molar-refractivity contribution in [2.24, 2.45) is 0 Å². The summed E-state index contributed by atoms with van der Waals surface area (Å²) in [6, 6.07) is 0. The molecule has 3 nitrogen and oxygen atoms in total. The summed E-state index contributed by atoms with van der Waals surface area (Å²) in [6.07, 6.45) is 1.68. The Morgan fingerprint density at radius 2 is 1.87 bits per heavy atom. The Morgan fingerprint density at radius 1 is 1.33 bits per heavy atom. The maximum atomic E-state index is 11.4. The number of methoxy groups -OCH3 is 1. The fraction of sp³-hybridized carbons (Fsp3) is 0.500. The standard InChI is InChI=1S/C10H15NO2S.ClH/c1-4-6-8(10(12)13-3)9(11)7(5-2)14-6;/h4-5,11H2,1-3H3;1H. The Morgan fingerprint density at radius 3 is 2.27 bits per heavy atom. The van der Waals surface area contributed by atoms with Crippen molar-refractivity contribution < 1.29 is 9.53 Å².